The molecule has 1 aliphatic heterocycles. The van der Waals surface area contributed by atoms with Crippen LogP contribution in [0.25, 0.3) is 22.2 Å². The standard InChI is InChI=1S/C19H20N4O/c24-19(17-2-1-9-20-17)23-12-13-3-5-14(6-4-13)15-7-10-21-18-16(15)8-11-22-18/h3-8,10-11,17,20H,1-2,9,12H2,(H,21,22)(H,23,24). The van der Waals surface area contributed by atoms with Gasteiger partial charge in [-0.3, -0.25) is 4.79 Å². The lowest BCUT2D eigenvalue weighted by atomic mass is 10.0. The molecule has 1 unspecified atom stereocenters. The molecule has 5 nitrogen and oxygen atoms in total. The van der Waals surface area contributed by atoms with Gasteiger partial charge in [0.15, 0.2) is 0 Å². The Kier molecular flexibility index (Phi) is 4.01. The van der Waals surface area contributed by atoms with E-state index in [2.05, 4.69) is 44.9 Å². The minimum Gasteiger partial charge on any atom is -0.351 e. The van der Waals surface area contributed by atoms with Gasteiger partial charge in [-0.05, 0) is 48.2 Å². The average molecular weight is 320 g/mol. The quantitative estimate of drug-likeness (QED) is 0.692. The molecule has 3 N–H and O–H groups in total. The zero-order valence-electron chi connectivity index (χ0n) is 13.4. The first-order valence-corrected chi connectivity index (χ1v) is 8.34. The van der Waals surface area contributed by atoms with Gasteiger partial charge in [0.25, 0.3) is 0 Å². The zero-order valence-corrected chi connectivity index (χ0v) is 13.4. The summed E-state index contributed by atoms with van der Waals surface area (Å²) in [5, 5.41) is 7.34. The minimum absolute atomic E-state index is 0.0250. The maximum absolute atomic E-state index is 12.0. The maximum atomic E-state index is 12.0. The highest BCUT2D eigenvalue weighted by atomic mass is 16.2. The molecule has 4 rings (SSSR count). The molecular formula is C19H20N4O. The third kappa shape index (κ3) is 2.90. The van der Waals surface area contributed by atoms with E-state index < -0.39 is 0 Å². The van der Waals surface area contributed by atoms with Gasteiger partial charge in [-0.1, -0.05) is 24.3 Å². The lowest BCUT2D eigenvalue weighted by molar-refractivity contribution is -0.122. The molecule has 0 aliphatic carbocycles. The van der Waals surface area contributed by atoms with E-state index in [0.29, 0.717) is 6.54 Å². The van der Waals surface area contributed by atoms with Crippen molar-refractivity contribution in [3.63, 3.8) is 0 Å². The molecule has 1 fully saturated rings. The van der Waals surface area contributed by atoms with Crippen molar-refractivity contribution in [2.45, 2.75) is 25.4 Å². The van der Waals surface area contributed by atoms with E-state index in [-0.39, 0.29) is 11.9 Å². The predicted octanol–water partition coefficient (Wildman–Crippen LogP) is 2.60. The summed E-state index contributed by atoms with van der Waals surface area (Å²) in [7, 11) is 0. The largest absolute Gasteiger partial charge is 0.351 e. The van der Waals surface area contributed by atoms with E-state index in [1.165, 1.54) is 0 Å². The van der Waals surface area contributed by atoms with Gasteiger partial charge in [-0.25, -0.2) is 4.98 Å². The van der Waals surface area contributed by atoms with Crippen LogP contribution >= 0.6 is 0 Å². The smallest absolute Gasteiger partial charge is 0.237 e. The Morgan fingerprint density at radius 1 is 1.21 bits per heavy atom. The molecule has 0 bridgehead atoms. The Morgan fingerprint density at radius 3 is 2.88 bits per heavy atom. The third-order valence-corrected chi connectivity index (χ3v) is 4.57. The summed E-state index contributed by atoms with van der Waals surface area (Å²) in [5.74, 6) is 0.0970. The number of carbonyl (C=O) groups is 1. The number of hydrogen-bond acceptors (Lipinski definition) is 3. The van der Waals surface area contributed by atoms with Crippen LogP contribution in [0.3, 0.4) is 0 Å². The van der Waals surface area contributed by atoms with Gasteiger partial charge in [0.05, 0.1) is 6.04 Å². The molecule has 0 radical (unpaired) electrons. The summed E-state index contributed by atoms with van der Waals surface area (Å²) in [6.07, 6.45) is 5.73. The molecule has 0 saturated carbocycles. The first-order chi connectivity index (χ1) is 11.8. The van der Waals surface area contributed by atoms with Crippen LogP contribution in [0, 0.1) is 0 Å². The van der Waals surface area contributed by atoms with Gasteiger partial charge < -0.3 is 15.6 Å². The first-order valence-electron chi connectivity index (χ1n) is 8.34. The van der Waals surface area contributed by atoms with Crippen molar-refractivity contribution < 1.29 is 4.79 Å². The van der Waals surface area contributed by atoms with Gasteiger partial charge in [0, 0.05) is 24.3 Å². The highest BCUT2D eigenvalue weighted by Crippen LogP contribution is 2.27. The van der Waals surface area contributed by atoms with Crippen LogP contribution in [0.1, 0.15) is 18.4 Å². The number of pyridine rings is 1. The molecule has 2 aromatic heterocycles. The molecule has 1 saturated heterocycles. The number of benzene rings is 1. The normalized spacial score (nSPS) is 17.2. The minimum atomic E-state index is -0.0250. The van der Waals surface area contributed by atoms with E-state index in [1.54, 1.807) is 0 Å². The van der Waals surface area contributed by atoms with Crippen LogP contribution in [0.4, 0.5) is 0 Å². The topological polar surface area (TPSA) is 69.8 Å². The first kappa shape index (κ1) is 14.9. The second-order valence-corrected chi connectivity index (χ2v) is 6.16. The molecule has 1 atom stereocenters. The molecule has 1 amide bonds. The van der Waals surface area contributed by atoms with Crippen molar-refractivity contribution in [1.82, 2.24) is 20.6 Å². The summed E-state index contributed by atoms with van der Waals surface area (Å²) in [5.41, 5.74) is 4.30. The molecule has 3 heterocycles. The highest BCUT2D eigenvalue weighted by Gasteiger charge is 2.21. The molecule has 0 spiro atoms. The van der Waals surface area contributed by atoms with E-state index in [1.807, 2.05) is 24.5 Å². The molecule has 24 heavy (non-hydrogen) atoms. The number of H-pyrrole nitrogens is 1. The number of nitrogens with one attached hydrogen (secondary N) is 3. The summed E-state index contributed by atoms with van der Waals surface area (Å²) in [6.45, 7) is 1.50. The fraction of sp³-hybridized carbons (Fsp3) is 0.263. The maximum Gasteiger partial charge on any atom is 0.237 e. The number of nitrogens with zero attached hydrogens (tertiary/aromatic N) is 1. The van der Waals surface area contributed by atoms with Crippen LogP contribution in [-0.2, 0) is 11.3 Å². The SMILES string of the molecule is O=C(NCc1ccc(-c2ccnc3[nH]ccc23)cc1)C1CCCN1. The van der Waals surface area contributed by atoms with Crippen LogP contribution in [0.15, 0.2) is 48.8 Å². The van der Waals surface area contributed by atoms with Gasteiger partial charge in [0.1, 0.15) is 5.65 Å². The Balaban J connectivity index is 1.46. The summed E-state index contributed by atoms with van der Waals surface area (Å²) in [4.78, 5) is 19.5. The Hall–Kier alpha value is -2.66. The third-order valence-electron chi connectivity index (χ3n) is 4.57. The lowest BCUT2D eigenvalue weighted by Crippen LogP contribution is -2.39. The van der Waals surface area contributed by atoms with Crippen molar-refractivity contribution in [3.8, 4) is 11.1 Å². The monoisotopic (exact) mass is 320 g/mol. The lowest BCUT2D eigenvalue weighted by Gasteiger charge is -2.11. The van der Waals surface area contributed by atoms with Gasteiger partial charge in [-0.15, -0.1) is 0 Å². The zero-order chi connectivity index (χ0) is 16.4. The van der Waals surface area contributed by atoms with Crippen LogP contribution in [0.5, 0.6) is 0 Å². The van der Waals surface area contributed by atoms with Crippen LogP contribution in [0.2, 0.25) is 0 Å². The number of aromatic amines is 1. The highest BCUT2D eigenvalue weighted by molar-refractivity contribution is 5.92. The fourth-order valence-corrected chi connectivity index (χ4v) is 3.24. The van der Waals surface area contributed by atoms with Crippen molar-refractivity contribution in [1.29, 1.82) is 0 Å². The van der Waals surface area contributed by atoms with Crippen LogP contribution in [-0.4, -0.2) is 28.5 Å². The summed E-state index contributed by atoms with van der Waals surface area (Å²) >= 11 is 0. The molecule has 5 heteroatoms. The van der Waals surface area contributed by atoms with Crippen molar-refractivity contribution in [2.24, 2.45) is 0 Å². The average Bonchev–Trinajstić information content (AvgIpc) is 3.31. The molecule has 1 aliphatic rings. The Labute approximate surface area is 140 Å². The Bertz CT molecular complexity index is 847. The van der Waals surface area contributed by atoms with Crippen molar-refractivity contribution >= 4 is 16.9 Å². The van der Waals surface area contributed by atoms with Gasteiger partial charge in [-0.2, -0.15) is 0 Å². The van der Waals surface area contributed by atoms with E-state index >= 15 is 0 Å². The second kappa shape index (κ2) is 6.45. The summed E-state index contributed by atoms with van der Waals surface area (Å²) < 4.78 is 0. The van der Waals surface area contributed by atoms with Crippen molar-refractivity contribution in [2.75, 3.05) is 6.54 Å². The van der Waals surface area contributed by atoms with Gasteiger partial charge >= 0.3 is 0 Å². The molecule has 1 aromatic carbocycles. The number of hydrogen-bond donors (Lipinski definition) is 3. The number of rotatable bonds is 4. The number of amides is 1. The van der Waals surface area contributed by atoms with E-state index in [4.69, 9.17) is 0 Å². The molecular weight excluding hydrogens is 300 g/mol. The van der Waals surface area contributed by atoms with E-state index in [9.17, 15) is 4.79 Å². The molecule has 122 valence electrons. The Morgan fingerprint density at radius 2 is 2.08 bits per heavy atom. The van der Waals surface area contributed by atoms with E-state index in [0.717, 1.165) is 47.1 Å². The van der Waals surface area contributed by atoms with Gasteiger partial charge in [0.2, 0.25) is 5.91 Å². The predicted molar refractivity (Wildman–Crippen MR) is 94.4 cm³/mol. The number of fused-ring (bicyclic) bond motifs is 1. The van der Waals surface area contributed by atoms with Crippen molar-refractivity contribution in [3.05, 3.63) is 54.4 Å². The second-order valence-electron chi connectivity index (χ2n) is 6.16. The fourth-order valence-electron chi connectivity index (χ4n) is 3.24. The van der Waals surface area contributed by atoms with Crippen LogP contribution < -0.4 is 10.6 Å². The number of aromatic nitrogens is 2. The summed E-state index contributed by atoms with van der Waals surface area (Å²) in [6, 6.07) is 12.4. The molecule has 3 aromatic rings. The number of carbonyl (C=O) groups excluding carboxylic acids is 1.